The number of methoxy groups -OCH3 is 1. The lowest BCUT2D eigenvalue weighted by atomic mass is 9.86. The van der Waals surface area contributed by atoms with Gasteiger partial charge in [-0.3, -0.25) is 4.79 Å². The van der Waals surface area contributed by atoms with Gasteiger partial charge in [0.25, 0.3) is 16.6 Å². The monoisotopic (exact) mass is 1020 g/mol. The fourth-order valence-corrected chi connectivity index (χ4v) is 21.4. The minimum atomic E-state index is -2.60. The van der Waals surface area contributed by atoms with Crippen molar-refractivity contribution in [2.75, 3.05) is 40.1 Å². The zero-order chi connectivity index (χ0) is 51.5. The summed E-state index contributed by atoms with van der Waals surface area (Å²) in [6.07, 6.45) is 8.50. The summed E-state index contributed by atoms with van der Waals surface area (Å²) in [5, 5.41) is 34.8. The lowest BCUT2D eigenvalue weighted by Crippen LogP contribution is -2.66. The van der Waals surface area contributed by atoms with Crippen LogP contribution in [0.4, 0.5) is 0 Å². The number of ether oxygens (including phenoxy) is 5. The first-order valence-corrected chi connectivity index (χ1v) is 30.5. The van der Waals surface area contributed by atoms with Gasteiger partial charge in [-0.1, -0.05) is 163 Å². The number of aliphatic hydroxyl groups excluding tert-OH is 3. The number of carbonyl (C=O) groups excluding carboxylic acids is 1. The Labute approximate surface area is 432 Å². The Kier molecular flexibility index (Phi) is 19.4. The van der Waals surface area contributed by atoms with E-state index in [4.69, 9.17) is 32.5 Å². The van der Waals surface area contributed by atoms with E-state index in [1.807, 2.05) is 0 Å². The summed E-state index contributed by atoms with van der Waals surface area (Å²) in [5.74, 6) is -0.240. The Hall–Kier alpha value is -3.58. The number of hydrogen-bond acceptors (Lipinski definition) is 11. The van der Waals surface area contributed by atoms with Crippen LogP contribution in [0.5, 0.6) is 0 Å². The second kappa shape index (κ2) is 24.8. The molecule has 0 spiro atoms. The molecule has 4 aromatic rings. The van der Waals surface area contributed by atoms with Crippen LogP contribution in [0.15, 0.2) is 121 Å². The molecule has 8 atom stereocenters. The molecule has 0 amide bonds. The second-order valence-corrected chi connectivity index (χ2v) is 31.2. The van der Waals surface area contributed by atoms with Crippen molar-refractivity contribution in [1.29, 1.82) is 0 Å². The van der Waals surface area contributed by atoms with E-state index in [9.17, 15) is 20.1 Å². The van der Waals surface area contributed by atoms with Crippen molar-refractivity contribution in [2.45, 2.75) is 176 Å². The first-order chi connectivity index (χ1) is 34.6. The van der Waals surface area contributed by atoms with Gasteiger partial charge in [0.15, 0.2) is 0 Å². The maximum Gasteiger partial charge on any atom is 0.305 e. The average molecular weight is 1030 g/mol. The van der Waals surface area contributed by atoms with Gasteiger partial charge in [-0.2, -0.15) is 0 Å². The highest BCUT2D eigenvalue weighted by Gasteiger charge is 2.55. The van der Waals surface area contributed by atoms with E-state index >= 15 is 0 Å². The minimum Gasteiger partial charge on any atom is -0.469 e. The quantitative estimate of drug-likeness (QED) is 0.0591. The zero-order valence-corrected chi connectivity index (χ0v) is 46.1. The van der Waals surface area contributed by atoms with Crippen molar-refractivity contribution in [2.24, 2.45) is 0 Å². The summed E-state index contributed by atoms with van der Waals surface area (Å²) in [4.78, 5) is 11.6. The van der Waals surface area contributed by atoms with Crippen molar-refractivity contribution in [3.8, 4) is 0 Å². The first-order valence-electron chi connectivity index (χ1n) is 26.6. The van der Waals surface area contributed by atoms with Crippen molar-refractivity contribution < 1.29 is 52.7 Å². The van der Waals surface area contributed by atoms with Crippen molar-refractivity contribution >= 4 is 43.4 Å². The predicted octanol–water partition coefficient (Wildman–Crippen LogP) is 7.77. The van der Waals surface area contributed by atoms with Gasteiger partial charge in [0, 0.05) is 39.1 Å². The minimum absolute atomic E-state index is 0.00966. The number of benzene rings is 4. The molecule has 4 aliphatic rings. The third-order valence-corrected chi connectivity index (χ3v) is 25.9. The molecule has 0 saturated carbocycles. The average Bonchev–Trinajstić information content (AvgIpc) is 3.96. The van der Waals surface area contributed by atoms with Crippen LogP contribution >= 0.6 is 0 Å². The van der Waals surface area contributed by atoms with E-state index in [-0.39, 0.29) is 72.5 Å². The second-order valence-electron chi connectivity index (χ2n) is 22.6. The molecular formula is C59H84O11Si2. The maximum absolute atomic E-state index is 11.6. The molecule has 0 aromatic heterocycles. The van der Waals surface area contributed by atoms with E-state index in [0.29, 0.717) is 45.3 Å². The summed E-state index contributed by atoms with van der Waals surface area (Å²) in [7, 11) is -3.77. The molecule has 4 aromatic carbocycles. The molecule has 11 nitrogen and oxygen atoms in total. The number of esters is 1. The number of fused-ring (bicyclic) bond motifs is 2. The fraction of sp³-hybridized carbons (Fsp3) is 0.576. The van der Waals surface area contributed by atoms with Crippen LogP contribution in [0.2, 0.25) is 10.1 Å². The van der Waals surface area contributed by atoms with Gasteiger partial charge < -0.3 is 47.9 Å². The van der Waals surface area contributed by atoms with E-state index in [1.165, 1.54) is 27.9 Å². The van der Waals surface area contributed by atoms with Crippen molar-refractivity contribution in [3.63, 3.8) is 0 Å². The molecule has 394 valence electrons. The van der Waals surface area contributed by atoms with Gasteiger partial charge in [0.1, 0.15) is 11.2 Å². The molecule has 4 heterocycles. The molecule has 0 radical (unpaired) electrons. The summed E-state index contributed by atoms with van der Waals surface area (Å²) in [5.41, 5.74) is -1.33. The zero-order valence-electron chi connectivity index (χ0n) is 44.1. The SMILES string of the molecule is CC(C)(C)[Si](OCC[C@H]1CC[C@@H]2O[C@@H](CCCO)C[C@]2(CO)O1)(c1ccccc1)c1ccccc1.COC(=O)CC[C@H]1C[C@]2(CO)O[C@@H](CCO[Si](c3ccccc3)(c3ccccc3)C(C)(C)C)CC[C@@H]2O1. The Bertz CT molecular complexity index is 2160. The summed E-state index contributed by atoms with van der Waals surface area (Å²) >= 11 is 0. The van der Waals surface area contributed by atoms with Crippen molar-refractivity contribution in [1.82, 2.24) is 0 Å². The lowest BCUT2D eigenvalue weighted by molar-refractivity contribution is -0.185. The highest BCUT2D eigenvalue weighted by molar-refractivity contribution is 7.00. The first kappa shape index (κ1) is 56.2. The Balaban J connectivity index is 0.000000212. The Morgan fingerprint density at radius 2 is 0.903 bits per heavy atom. The molecule has 4 saturated heterocycles. The maximum atomic E-state index is 11.6. The van der Waals surface area contributed by atoms with Crippen molar-refractivity contribution in [3.05, 3.63) is 121 Å². The highest BCUT2D eigenvalue weighted by Crippen LogP contribution is 2.45. The summed E-state index contributed by atoms with van der Waals surface area (Å²) < 4.78 is 44.4. The summed E-state index contributed by atoms with van der Waals surface area (Å²) in [6, 6.07) is 42.8. The molecule has 72 heavy (non-hydrogen) atoms. The Morgan fingerprint density at radius 1 is 0.542 bits per heavy atom. The van der Waals surface area contributed by atoms with Gasteiger partial charge in [0.05, 0.1) is 56.9 Å². The van der Waals surface area contributed by atoms with E-state index in [0.717, 1.165) is 44.9 Å². The van der Waals surface area contributed by atoms with Crippen LogP contribution in [-0.2, 0) is 37.3 Å². The molecule has 13 heteroatoms. The van der Waals surface area contributed by atoms with Gasteiger partial charge in [0.2, 0.25) is 0 Å². The van der Waals surface area contributed by atoms with Gasteiger partial charge >= 0.3 is 5.97 Å². The molecule has 3 N–H and O–H groups in total. The number of aliphatic hydroxyl groups is 3. The lowest BCUT2D eigenvalue weighted by Gasteiger charge is -2.44. The Morgan fingerprint density at radius 3 is 1.22 bits per heavy atom. The van der Waals surface area contributed by atoms with Crippen LogP contribution in [0.1, 0.15) is 119 Å². The fourth-order valence-electron chi connectivity index (χ4n) is 12.3. The van der Waals surface area contributed by atoms with Crippen LogP contribution in [0, 0.1) is 0 Å². The van der Waals surface area contributed by atoms with Crippen LogP contribution in [0.3, 0.4) is 0 Å². The molecule has 4 aliphatic heterocycles. The smallest absolute Gasteiger partial charge is 0.305 e. The van der Waals surface area contributed by atoms with E-state index in [2.05, 4.69) is 163 Å². The van der Waals surface area contributed by atoms with E-state index < -0.39 is 27.8 Å². The van der Waals surface area contributed by atoms with Gasteiger partial charge in [-0.15, -0.1) is 0 Å². The standard InChI is InChI=1S/C30H42O6Si.C29H42O5Si/c1-29(2,3)37(25-11-7-5-8-12-25,26-13-9-6-10-14-26)34-20-19-23-15-17-27-30(22-31,36-23)21-24(35-27)16-18-28(32)33-4;1-28(2,3)35(25-12-6-4-7-13-25,26-14-8-5-9-15-26)32-20-18-23-16-17-27-29(22-31,34-23)21-24(33-27)11-10-19-30/h5-14,23-24,27,31H,15-22H2,1-4H3;4-9,12-15,23-24,27,30-31H,10-11,16-22H2,1-3H3/t23-,24+,27+,30-;23-,24+,27+,29-/m11/s1. The third-order valence-electron chi connectivity index (χ3n) is 15.8. The molecule has 0 unspecified atom stereocenters. The molecule has 8 rings (SSSR count). The number of carbonyl (C=O) groups is 1. The van der Waals surface area contributed by atoms with Gasteiger partial charge in [-0.25, -0.2) is 0 Å². The van der Waals surface area contributed by atoms with Crippen LogP contribution in [0.25, 0.3) is 0 Å². The molecule has 4 fully saturated rings. The molecular weight excluding hydrogens is 941 g/mol. The van der Waals surface area contributed by atoms with Gasteiger partial charge in [-0.05, 0) is 88.6 Å². The molecule has 0 bridgehead atoms. The van der Waals surface area contributed by atoms with Crippen LogP contribution in [-0.4, -0.2) is 126 Å². The normalized spacial score (nSPS) is 26.5. The predicted molar refractivity (Wildman–Crippen MR) is 288 cm³/mol. The van der Waals surface area contributed by atoms with E-state index in [1.54, 1.807) is 0 Å². The number of rotatable bonds is 20. The molecule has 0 aliphatic carbocycles. The third kappa shape index (κ3) is 12.4. The van der Waals surface area contributed by atoms with Crippen LogP contribution < -0.4 is 20.7 Å². The highest BCUT2D eigenvalue weighted by atomic mass is 28.4. The number of hydrogen-bond donors (Lipinski definition) is 3. The topological polar surface area (TPSA) is 142 Å². The largest absolute Gasteiger partial charge is 0.469 e. The summed E-state index contributed by atoms with van der Waals surface area (Å²) in [6.45, 7) is 15.0.